The predicted molar refractivity (Wildman–Crippen MR) is 86.0 cm³/mol. The number of aryl methyl sites for hydroxylation is 1. The number of nitrogens with zero attached hydrogens (tertiary/aromatic N) is 2. The van der Waals surface area contributed by atoms with E-state index < -0.39 is 0 Å². The van der Waals surface area contributed by atoms with Gasteiger partial charge in [0.05, 0.1) is 13.5 Å². The molecule has 1 fully saturated rings. The van der Waals surface area contributed by atoms with Gasteiger partial charge in [-0.2, -0.15) is 0 Å². The van der Waals surface area contributed by atoms with E-state index in [9.17, 15) is 9.59 Å². The maximum absolute atomic E-state index is 12.2. The zero-order chi connectivity index (χ0) is 15.2. The summed E-state index contributed by atoms with van der Waals surface area (Å²) in [7, 11) is 1.35. The number of hydrogen-bond acceptors (Lipinski definition) is 7. The number of carbonyl (C=O) groups is 2. The Bertz CT molecular complexity index is 511. The Morgan fingerprint density at radius 3 is 2.86 bits per heavy atom. The summed E-state index contributed by atoms with van der Waals surface area (Å²) < 4.78 is 4.57. The molecule has 1 heterocycles. The van der Waals surface area contributed by atoms with Crippen LogP contribution in [-0.2, 0) is 20.7 Å². The van der Waals surface area contributed by atoms with Crippen LogP contribution in [0.1, 0.15) is 30.7 Å². The van der Waals surface area contributed by atoms with Crippen LogP contribution in [0.25, 0.3) is 0 Å². The molecule has 0 unspecified atom stereocenters. The van der Waals surface area contributed by atoms with E-state index in [0.717, 1.165) is 19.3 Å². The smallest absolute Gasteiger partial charge is 0.305 e. The fourth-order valence-electron chi connectivity index (χ4n) is 2.58. The molecule has 2 atom stereocenters. The van der Waals surface area contributed by atoms with Gasteiger partial charge in [0.15, 0.2) is 0 Å². The van der Waals surface area contributed by atoms with Gasteiger partial charge in [-0.25, -0.2) is 0 Å². The minimum atomic E-state index is -0.285. The summed E-state index contributed by atoms with van der Waals surface area (Å²) in [5.74, 6) is -0.0831. The molecular weight excluding hydrogens is 328 g/mol. The number of nitrogens with one attached hydrogen (secondary N) is 1. The summed E-state index contributed by atoms with van der Waals surface area (Å²) in [6.07, 6.45) is 3.66. The van der Waals surface area contributed by atoms with Crippen LogP contribution in [-0.4, -0.2) is 35.7 Å². The summed E-state index contributed by atoms with van der Waals surface area (Å²) in [6, 6.07) is 0. The van der Waals surface area contributed by atoms with Gasteiger partial charge in [-0.1, -0.05) is 17.8 Å². The summed E-state index contributed by atoms with van der Waals surface area (Å²) in [4.78, 5) is 23.3. The van der Waals surface area contributed by atoms with Crippen molar-refractivity contribution in [3.05, 3.63) is 5.01 Å². The van der Waals surface area contributed by atoms with Gasteiger partial charge in [0.2, 0.25) is 11.0 Å². The number of rotatable bonds is 6. The molecule has 22 heavy (non-hydrogen) atoms. The summed E-state index contributed by atoms with van der Waals surface area (Å²) >= 11 is 1.29. The Hall–Kier alpha value is -1.25. The van der Waals surface area contributed by atoms with Gasteiger partial charge in [0.1, 0.15) is 5.01 Å². The molecule has 1 aromatic heterocycles. The van der Waals surface area contributed by atoms with E-state index in [4.69, 9.17) is 5.73 Å². The topological polar surface area (TPSA) is 107 Å². The molecular formula is C13H21ClN4O3S. The molecule has 1 amide bonds. The van der Waals surface area contributed by atoms with Crippen molar-refractivity contribution < 1.29 is 14.3 Å². The Morgan fingerprint density at radius 2 is 2.18 bits per heavy atom. The van der Waals surface area contributed by atoms with Crippen molar-refractivity contribution in [3.8, 4) is 0 Å². The van der Waals surface area contributed by atoms with Crippen LogP contribution >= 0.6 is 23.7 Å². The second-order valence-corrected chi connectivity index (χ2v) is 6.16. The van der Waals surface area contributed by atoms with Crippen LogP contribution in [0.5, 0.6) is 0 Å². The molecule has 124 valence electrons. The average Bonchev–Trinajstić information content (AvgIpc) is 3.13. The van der Waals surface area contributed by atoms with Gasteiger partial charge in [0.25, 0.3) is 0 Å². The van der Waals surface area contributed by atoms with E-state index in [0.29, 0.717) is 23.1 Å². The van der Waals surface area contributed by atoms with Crippen molar-refractivity contribution in [2.45, 2.75) is 32.1 Å². The van der Waals surface area contributed by atoms with Crippen LogP contribution in [0, 0.1) is 11.8 Å². The van der Waals surface area contributed by atoms with Gasteiger partial charge in [-0.15, -0.1) is 22.6 Å². The Labute approximate surface area is 139 Å². The van der Waals surface area contributed by atoms with Crippen LogP contribution in [0.2, 0.25) is 0 Å². The number of aromatic nitrogens is 2. The summed E-state index contributed by atoms with van der Waals surface area (Å²) in [5.41, 5.74) is 5.69. The molecule has 0 aliphatic heterocycles. The van der Waals surface area contributed by atoms with E-state index in [1.165, 1.54) is 18.4 Å². The number of halogens is 1. The molecule has 0 saturated heterocycles. The standard InChI is InChI=1S/C13H20N4O3S.ClH/c1-20-11(18)6-5-10-16-17-13(21-10)15-12(19)9-4-2-3-8(9)7-14;/h8-9H,2-7,14H2,1H3,(H,15,17,19);1H/t8-,9-;/m1./s1. The molecule has 1 aliphatic carbocycles. The molecule has 0 bridgehead atoms. The van der Waals surface area contributed by atoms with Crippen molar-refractivity contribution in [3.63, 3.8) is 0 Å². The van der Waals surface area contributed by atoms with E-state index >= 15 is 0 Å². The van der Waals surface area contributed by atoms with Crippen LogP contribution in [0.4, 0.5) is 5.13 Å². The lowest BCUT2D eigenvalue weighted by Crippen LogP contribution is -2.29. The lowest BCUT2D eigenvalue weighted by molar-refractivity contribution is -0.140. The summed E-state index contributed by atoms with van der Waals surface area (Å²) in [5, 5.41) is 11.9. The summed E-state index contributed by atoms with van der Waals surface area (Å²) in [6.45, 7) is 0.540. The Balaban J connectivity index is 0.00000242. The first-order valence-electron chi connectivity index (χ1n) is 7.04. The van der Waals surface area contributed by atoms with Crippen LogP contribution in [0.3, 0.4) is 0 Å². The largest absolute Gasteiger partial charge is 0.469 e. The van der Waals surface area contributed by atoms with Gasteiger partial charge >= 0.3 is 5.97 Å². The normalized spacial score (nSPS) is 20.3. The van der Waals surface area contributed by atoms with Gasteiger partial charge < -0.3 is 15.8 Å². The van der Waals surface area contributed by atoms with Gasteiger partial charge in [0, 0.05) is 12.3 Å². The number of methoxy groups -OCH3 is 1. The first kappa shape index (κ1) is 18.8. The molecule has 7 nitrogen and oxygen atoms in total. The molecule has 9 heteroatoms. The monoisotopic (exact) mass is 348 g/mol. The second-order valence-electron chi connectivity index (χ2n) is 5.10. The third kappa shape index (κ3) is 4.89. The van der Waals surface area contributed by atoms with Crippen molar-refractivity contribution >= 4 is 40.8 Å². The number of anilines is 1. The zero-order valence-electron chi connectivity index (χ0n) is 12.4. The SMILES string of the molecule is COC(=O)CCc1nnc(NC(=O)[C@@H]2CCC[C@@H]2CN)s1.Cl. The highest BCUT2D eigenvalue weighted by atomic mass is 35.5. The van der Waals surface area contributed by atoms with Crippen LogP contribution in [0.15, 0.2) is 0 Å². The predicted octanol–water partition coefficient (Wildman–Crippen LogP) is 1.38. The lowest BCUT2D eigenvalue weighted by atomic mass is 9.95. The van der Waals surface area contributed by atoms with Crippen molar-refractivity contribution in [2.24, 2.45) is 17.6 Å². The van der Waals surface area contributed by atoms with Crippen molar-refractivity contribution in [2.75, 3.05) is 19.0 Å². The minimum Gasteiger partial charge on any atom is -0.469 e. The highest BCUT2D eigenvalue weighted by Gasteiger charge is 2.32. The number of amides is 1. The van der Waals surface area contributed by atoms with E-state index in [1.54, 1.807) is 0 Å². The number of carbonyl (C=O) groups excluding carboxylic acids is 2. The molecule has 3 N–H and O–H groups in total. The van der Waals surface area contributed by atoms with Crippen molar-refractivity contribution in [1.82, 2.24) is 10.2 Å². The second kappa shape index (κ2) is 9.02. The fraction of sp³-hybridized carbons (Fsp3) is 0.692. The highest BCUT2D eigenvalue weighted by molar-refractivity contribution is 7.15. The molecule has 1 saturated carbocycles. The molecule has 1 aliphatic rings. The first-order valence-corrected chi connectivity index (χ1v) is 7.85. The number of ether oxygens (including phenoxy) is 1. The molecule has 0 aromatic carbocycles. The Kier molecular flexibility index (Phi) is 7.70. The average molecular weight is 349 g/mol. The third-order valence-electron chi connectivity index (χ3n) is 3.77. The Morgan fingerprint density at radius 1 is 1.41 bits per heavy atom. The van der Waals surface area contributed by atoms with E-state index in [2.05, 4.69) is 20.3 Å². The van der Waals surface area contributed by atoms with E-state index in [-0.39, 0.29) is 42.5 Å². The fourth-order valence-corrected chi connectivity index (χ4v) is 3.32. The molecule has 1 aromatic rings. The first-order chi connectivity index (χ1) is 10.1. The molecule has 0 radical (unpaired) electrons. The van der Waals surface area contributed by atoms with E-state index in [1.807, 2.05) is 0 Å². The molecule has 2 rings (SSSR count). The maximum Gasteiger partial charge on any atom is 0.305 e. The molecule has 0 spiro atoms. The number of nitrogens with two attached hydrogens (primary N) is 1. The highest BCUT2D eigenvalue weighted by Crippen LogP contribution is 2.32. The quantitative estimate of drug-likeness (QED) is 0.752. The minimum absolute atomic E-state index is 0. The number of esters is 1. The van der Waals surface area contributed by atoms with Gasteiger partial charge in [-0.3, -0.25) is 9.59 Å². The van der Waals surface area contributed by atoms with Crippen molar-refractivity contribution in [1.29, 1.82) is 0 Å². The van der Waals surface area contributed by atoms with Gasteiger partial charge in [-0.05, 0) is 25.3 Å². The number of hydrogen-bond donors (Lipinski definition) is 2. The zero-order valence-corrected chi connectivity index (χ0v) is 14.0. The maximum atomic E-state index is 12.2. The van der Waals surface area contributed by atoms with Crippen LogP contribution < -0.4 is 11.1 Å². The third-order valence-corrected chi connectivity index (χ3v) is 4.66. The lowest BCUT2D eigenvalue weighted by Gasteiger charge is -2.15.